The molecule has 1 aliphatic heterocycles. The number of fused-ring (bicyclic) bond motifs is 1. The molecule has 2 aromatic rings. The van der Waals surface area contributed by atoms with Gasteiger partial charge in [-0.25, -0.2) is 13.2 Å². The zero-order valence-electron chi connectivity index (χ0n) is 17.4. The molecule has 3 rings (SSSR count). The van der Waals surface area contributed by atoms with Gasteiger partial charge in [0.05, 0.1) is 10.9 Å². The van der Waals surface area contributed by atoms with Crippen LogP contribution in [-0.4, -0.2) is 38.8 Å². The Labute approximate surface area is 181 Å². The minimum Gasteiger partial charge on any atom is -0.454 e. The van der Waals surface area contributed by atoms with E-state index in [0.717, 1.165) is 18.4 Å². The van der Waals surface area contributed by atoms with Gasteiger partial charge in [-0.2, -0.15) is 0 Å². The van der Waals surface area contributed by atoms with Gasteiger partial charge < -0.3 is 10.1 Å². The molecule has 0 radical (unpaired) electrons. The number of nitrogens with zero attached hydrogens (tertiary/aromatic N) is 1. The summed E-state index contributed by atoms with van der Waals surface area (Å²) in [6.45, 7) is 3.06. The largest absolute Gasteiger partial charge is 0.454 e. The lowest BCUT2D eigenvalue weighted by Crippen LogP contribution is -2.34. The fourth-order valence-electron chi connectivity index (χ4n) is 3.27. The molecule has 8 nitrogen and oxygen atoms in total. The van der Waals surface area contributed by atoms with E-state index in [1.165, 1.54) is 13.0 Å². The van der Waals surface area contributed by atoms with Gasteiger partial charge in [-0.3, -0.25) is 14.5 Å². The second-order valence-electron chi connectivity index (χ2n) is 7.18. The Bertz CT molecular complexity index is 1080. The normalized spacial score (nSPS) is 17.3. The lowest BCUT2D eigenvalue weighted by Gasteiger charge is -2.18. The standard InChI is InChI=1S/C22H25N3O5S/c1-3-9-18(16-10-5-4-6-11-16)24-20(26)14-30-22(27)15(2)23-21-17-12-7-8-13-19(17)31(28,29)25-21/h4-8,10-13,15,18H,3,9,14H2,1-2H3,(H,23,25)(H,24,26)/t15-,18?/m0/s1. The molecule has 0 bridgehead atoms. The molecule has 0 aromatic heterocycles. The average molecular weight is 444 g/mol. The Morgan fingerprint density at radius 3 is 2.48 bits per heavy atom. The molecule has 1 heterocycles. The van der Waals surface area contributed by atoms with Crippen LogP contribution in [0.4, 0.5) is 0 Å². The Balaban J connectivity index is 1.59. The molecule has 1 aliphatic rings. The number of amides is 1. The molecule has 9 heteroatoms. The maximum Gasteiger partial charge on any atom is 0.331 e. The van der Waals surface area contributed by atoms with Crippen LogP contribution in [0.2, 0.25) is 0 Å². The Morgan fingerprint density at radius 1 is 1.10 bits per heavy atom. The predicted molar refractivity (Wildman–Crippen MR) is 116 cm³/mol. The highest BCUT2D eigenvalue weighted by atomic mass is 32.2. The molecule has 2 aromatic carbocycles. The van der Waals surface area contributed by atoms with Gasteiger partial charge in [0.25, 0.3) is 15.9 Å². The van der Waals surface area contributed by atoms with Crippen molar-refractivity contribution in [2.75, 3.05) is 6.61 Å². The van der Waals surface area contributed by atoms with Crippen molar-refractivity contribution in [2.24, 2.45) is 4.99 Å². The van der Waals surface area contributed by atoms with Gasteiger partial charge in [-0.1, -0.05) is 55.8 Å². The summed E-state index contributed by atoms with van der Waals surface area (Å²) in [5.41, 5.74) is 1.38. The first-order valence-electron chi connectivity index (χ1n) is 10.0. The Morgan fingerprint density at radius 2 is 1.77 bits per heavy atom. The van der Waals surface area contributed by atoms with Gasteiger partial charge in [-0.05, 0) is 31.0 Å². The van der Waals surface area contributed by atoms with E-state index < -0.39 is 34.5 Å². The van der Waals surface area contributed by atoms with Gasteiger partial charge in [0, 0.05) is 5.56 Å². The molecule has 2 atom stereocenters. The molecule has 0 spiro atoms. The van der Waals surface area contributed by atoms with Crippen molar-refractivity contribution in [3.63, 3.8) is 0 Å². The highest BCUT2D eigenvalue weighted by Gasteiger charge is 2.31. The van der Waals surface area contributed by atoms with Gasteiger partial charge in [0.2, 0.25) is 0 Å². The van der Waals surface area contributed by atoms with Crippen LogP contribution >= 0.6 is 0 Å². The van der Waals surface area contributed by atoms with E-state index in [1.807, 2.05) is 37.3 Å². The number of carbonyl (C=O) groups excluding carboxylic acids is 2. The fourth-order valence-corrected chi connectivity index (χ4v) is 4.50. The van der Waals surface area contributed by atoms with Crippen LogP contribution in [0, 0.1) is 0 Å². The van der Waals surface area contributed by atoms with E-state index in [-0.39, 0.29) is 16.8 Å². The third-order valence-corrected chi connectivity index (χ3v) is 6.18. The van der Waals surface area contributed by atoms with Crippen LogP contribution in [0.25, 0.3) is 0 Å². The predicted octanol–water partition coefficient (Wildman–Crippen LogP) is 2.31. The van der Waals surface area contributed by atoms with E-state index in [9.17, 15) is 18.0 Å². The summed E-state index contributed by atoms with van der Waals surface area (Å²) in [6, 6.07) is 14.8. The van der Waals surface area contributed by atoms with E-state index in [0.29, 0.717) is 5.56 Å². The van der Waals surface area contributed by atoms with Crippen LogP contribution < -0.4 is 10.0 Å². The summed E-state index contributed by atoms with van der Waals surface area (Å²) in [4.78, 5) is 28.9. The Kier molecular flexibility index (Phi) is 7.06. The second-order valence-corrected chi connectivity index (χ2v) is 8.83. The third kappa shape index (κ3) is 5.49. The van der Waals surface area contributed by atoms with Crippen molar-refractivity contribution in [1.82, 2.24) is 10.0 Å². The number of sulfonamides is 1. The SMILES string of the molecule is CCCC(NC(=O)COC(=O)[C@H](C)N=C1NS(=O)(=O)c2ccccc21)c1ccccc1. The van der Waals surface area contributed by atoms with Crippen LogP contribution in [0.15, 0.2) is 64.5 Å². The zero-order chi connectivity index (χ0) is 22.4. The number of amidine groups is 1. The molecule has 0 saturated carbocycles. The summed E-state index contributed by atoms with van der Waals surface area (Å²) < 4.78 is 31.7. The van der Waals surface area contributed by atoms with Crippen molar-refractivity contribution in [3.8, 4) is 0 Å². The molecular weight excluding hydrogens is 418 g/mol. The molecule has 0 fully saturated rings. The van der Waals surface area contributed by atoms with E-state index in [2.05, 4.69) is 15.0 Å². The van der Waals surface area contributed by atoms with Gasteiger partial charge in [0.1, 0.15) is 11.9 Å². The van der Waals surface area contributed by atoms with Crippen molar-refractivity contribution in [3.05, 3.63) is 65.7 Å². The minimum absolute atomic E-state index is 0.0802. The van der Waals surface area contributed by atoms with Crippen molar-refractivity contribution in [2.45, 2.75) is 43.7 Å². The number of hydrogen-bond donors (Lipinski definition) is 2. The molecule has 1 amide bonds. The number of esters is 1. The highest BCUT2D eigenvalue weighted by molar-refractivity contribution is 7.90. The van der Waals surface area contributed by atoms with Crippen LogP contribution in [0.5, 0.6) is 0 Å². The number of rotatable bonds is 8. The molecule has 2 N–H and O–H groups in total. The number of aliphatic imine (C=N–C) groups is 1. The minimum atomic E-state index is -3.69. The van der Waals surface area contributed by atoms with Gasteiger partial charge in [0.15, 0.2) is 6.61 Å². The van der Waals surface area contributed by atoms with Crippen molar-refractivity contribution in [1.29, 1.82) is 0 Å². The molecule has 1 unspecified atom stereocenters. The number of benzene rings is 2. The summed E-state index contributed by atoms with van der Waals surface area (Å²) in [6.07, 6.45) is 1.64. The first kappa shape index (κ1) is 22.5. The molecule has 164 valence electrons. The summed E-state index contributed by atoms with van der Waals surface area (Å²) in [5, 5.41) is 2.88. The molecule has 0 aliphatic carbocycles. The van der Waals surface area contributed by atoms with Crippen LogP contribution in [0.1, 0.15) is 43.9 Å². The number of hydrogen-bond acceptors (Lipinski definition) is 6. The maximum atomic E-state index is 12.3. The van der Waals surface area contributed by atoms with Gasteiger partial charge >= 0.3 is 5.97 Å². The highest BCUT2D eigenvalue weighted by Crippen LogP contribution is 2.22. The van der Waals surface area contributed by atoms with Crippen molar-refractivity contribution < 1.29 is 22.7 Å². The van der Waals surface area contributed by atoms with Crippen molar-refractivity contribution >= 4 is 27.7 Å². The third-order valence-electron chi connectivity index (χ3n) is 4.79. The monoisotopic (exact) mass is 443 g/mol. The topological polar surface area (TPSA) is 114 Å². The second kappa shape index (κ2) is 9.74. The summed E-state index contributed by atoms with van der Waals surface area (Å²) in [5.74, 6) is -1.06. The van der Waals surface area contributed by atoms with Crippen LogP contribution in [-0.2, 0) is 24.3 Å². The first-order chi connectivity index (χ1) is 14.8. The number of carbonyl (C=O) groups is 2. The summed E-state index contributed by atoms with van der Waals surface area (Å²) in [7, 11) is -3.69. The average Bonchev–Trinajstić information content (AvgIpc) is 3.02. The van der Waals surface area contributed by atoms with Gasteiger partial charge in [-0.15, -0.1) is 0 Å². The van der Waals surface area contributed by atoms with E-state index in [1.54, 1.807) is 18.2 Å². The molecule has 0 saturated heterocycles. The quantitative estimate of drug-likeness (QED) is 0.608. The lowest BCUT2D eigenvalue weighted by atomic mass is 10.0. The maximum absolute atomic E-state index is 12.3. The Hall–Kier alpha value is -3.20. The fraction of sp³-hybridized carbons (Fsp3) is 0.318. The van der Waals surface area contributed by atoms with Crippen LogP contribution in [0.3, 0.4) is 0 Å². The molecular formula is C22H25N3O5S. The first-order valence-corrected chi connectivity index (χ1v) is 11.5. The number of nitrogens with one attached hydrogen (secondary N) is 2. The lowest BCUT2D eigenvalue weighted by molar-refractivity contribution is -0.149. The molecule has 31 heavy (non-hydrogen) atoms. The smallest absolute Gasteiger partial charge is 0.331 e. The number of ether oxygens (including phenoxy) is 1. The summed E-state index contributed by atoms with van der Waals surface area (Å²) >= 11 is 0. The zero-order valence-corrected chi connectivity index (χ0v) is 18.2. The van der Waals surface area contributed by atoms with E-state index >= 15 is 0 Å². The van der Waals surface area contributed by atoms with E-state index in [4.69, 9.17) is 4.74 Å².